The zero-order valence-corrected chi connectivity index (χ0v) is 23.8. The number of alkyl halides is 3. The van der Waals surface area contributed by atoms with Crippen LogP contribution in [0.4, 0.5) is 18.9 Å². The summed E-state index contributed by atoms with van der Waals surface area (Å²) in [4.78, 5) is 30.4. The topological polar surface area (TPSA) is 94.8 Å². The smallest absolute Gasteiger partial charge is 0.416 e. The van der Waals surface area contributed by atoms with Crippen LogP contribution in [-0.2, 0) is 11.0 Å². The maximum absolute atomic E-state index is 13.5. The van der Waals surface area contributed by atoms with E-state index in [-0.39, 0.29) is 29.3 Å². The van der Waals surface area contributed by atoms with E-state index in [1.807, 2.05) is 25.1 Å². The van der Waals surface area contributed by atoms with E-state index in [0.29, 0.717) is 34.9 Å². The average molecular weight is 601 g/mol. The Labute approximate surface area is 250 Å². The van der Waals surface area contributed by atoms with E-state index >= 15 is 0 Å². The number of nitrogens with zero attached hydrogens (tertiary/aromatic N) is 3. The second-order valence-electron chi connectivity index (χ2n) is 9.68. The predicted octanol–water partition coefficient (Wildman–Crippen LogP) is 6.69. The zero-order chi connectivity index (χ0) is 31.3. The quantitative estimate of drug-likeness (QED) is 0.190. The number of rotatable bonds is 9. The number of aryl methyl sites for hydroxylation is 1. The molecule has 0 unspecified atom stereocenters. The summed E-state index contributed by atoms with van der Waals surface area (Å²) < 4.78 is 52.8. The number of benzene rings is 4. The van der Waals surface area contributed by atoms with Crippen molar-refractivity contribution < 1.29 is 27.4 Å². The van der Waals surface area contributed by atoms with Crippen molar-refractivity contribution in [3.63, 3.8) is 0 Å². The van der Waals surface area contributed by atoms with Gasteiger partial charge in [-0.15, -0.1) is 0 Å². The third-order valence-electron chi connectivity index (χ3n) is 6.57. The Morgan fingerprint density at radius 1 is 0.955 bits per heavy atom. The van der Waals surface area contributed by atoms with Crippen LogP contribution < -0.4 is 20.3 Å². The second-order valence-corrected chi connectivity index (χ2v) is 9.68. The Morgan fingerprint density at radius 2 is 1.73 bits per heavy atom. The third kappa shape index (κ3) is 6.78. The highest BCUT2D eigenvalue weighted by molar-refractivity contribution is 5.92. The molecular weight excluding hydrogens is 573 g/mol. The van der Waals surface area contributed by atoms with Crippen LogP contribution in [0.25, 0.3) is 22.3 Å². The van der Waals surface area contributed by atoms with Gasteiger partial charge in [0, 0.05) is 11.3 Å². The maximum Gasteiger partial charge on any atom is 0.416 e. The molecule has 0 radical (unpaired) electrons. The summed E-state index contributed by atoms with van der Waals surface area (Å²) in [6.07, 6.45) is -3.21. The van der Waals surface area contributed by atoms with Crippen molar-refractivity contribution in [2.45, 2.75) is 20.0 Å². The van der Waals surface area contributed by atoms with Gasteiger partial charge in [0.1, 0.15) is 0 Å². The Morgan fingerprint density at radius 3 is 2.50 bits per heavy atom. The molecule has 5 rings (SSSR count). The summed E-state index contributed by atoms with van der Waals surface area (Å²) >= 11 is 0. The fourth-order valence-electron chi connectivity index (χ4n) is 4.41. The minimum atomic E-state index is -4.58. The molecule has 224 valence electrons. The van der Waals surface area contributed by atoms with Crippen LogP contribution in [0.3, 0.4) is 0 Å². The van der Waals surface area contributed by atoms with E-state index < -0.39 is 17.3 Å². The van der Waals surface area contributed by atoms with Crippen molar-refractivity contribution in [2.24, 2.45) is 5.10 Å². The van der Waals surface area contributed by atoms with Gasteiger partial charge in [0.05, 0.1) is 29.3 Å². The van der Waals surface area contributed by atoms with Gasteiger partial charge in [-0.05, 0) is 73.5 Å². The largest absolute Gasteiger partial charge is 0.490 e. The Bertz CT molecular complexity index is 1920. The van der Waals surface area contributed by atoms with Crippen LogP contribution in [0.5, 0.6) is 11.5 Å². The molecule has 0 atom stereocenters. The van der Waals surface area contributed by atoms with Gasteiger partial charge in [0.15, 0.2) is 23.9 Å². The predicted molar refractivity (Wildman–Crippen MR) is 162 cm³/mol. The summed E-state index contributed by atoms with van der Waals surface area (Å²) in [5.41, 5.74) is 1.06. The summed E-state index contributed by atoms with van der Waals surface area (Å²) in [5, 5.41) is 7.39. The van der Waals surface area contributed by atoms with Crippen molar-refractivity contribution in [2.75, 3.05) is 18.5 Å². The molecule has 0 aliphatic rings. The van der Waals surface area contributed by atoms with Crippen LogP contribution in [0.1, 0.15) is 23.6 Å². The maximum atomic E-state index is 13.5. The van der Waals surface area contributed by atoms with Crippen LogP contribution in [0, 0.1) is 6.92 Å². The van der Waals surface area contributed by atoms with Crippen molar-refractivity contribution in [1.82, 2.24) is 9.66 Å². The minimum absolute atomic E-state index is 0.0549. The second kappa shape index (κ2) is 12.8. The Kier molecular flexibility index (Phi) is 8.75. The van der Waals surface area contributed by atoms with Crippen LogP contribution in [0.2, 0.25) is 0 Å². The van der Waals surface area contributed by atoms with E-state index in [9.17, 15) is 22.8 Å². The standard InChI is InChI=1S/C33H27F3N4O4/c1-3-43-29-17-22(15-16-28(29)44-20-30(41)38-26-13-6-4-9-21(26)2)19-37-40-31(23-10-8-11-24(18-23)33(34,35)36)39-27-14-7-5-12-25(27)32(40)42/h4-19H,3,20H2,1-2H3,(H,38,41). The number of carbonyl (C=O) groups excluding carboxylic acids is 1. The average Bonchev–Trinajstić information content (AvgIpc) is 3.01. The Hall–Kier alpha value is -5.45. The molecule has 0 saturated carbocycles. The molecular formula is C33H27F3N4O4. The van der Waals surface area contributed by atoms with Gasteiger partial charge >= 0.3 is 6.18 Å². The van der Waals surface area contributed by atoms with Gasteiger partial charge in [-0.2, -0.15) is 22.9 Å². The van der Waals surface area contributed by atoms with Gasteiger partial charge < -0.3 is 14.8 Å². The lowest BCUT2D eigenvalue weighted by atomic mass is 10.1. The van der Waals surface area contributed by atoms with Crippen LogP contribution >= 0.6 is 0 Å². The van der Waals surface area contributed by atoms with E-state index in [2.05, 4.69) is 15.4 Å². The normalized spacial score (nSPS) is 11.6. The van der Waals surface area contributed by atoms with Gasteiger partial charge in [0.2, 0.25) is 0 Å². The van der Waals surface area contributed by atoms with Crippen LogP contribution in [-0.4, -0.2) is 35.0 Å². The number of anilines is 1. The van der Waals surface area contributed by atoms with Crippen LogP contribution in [0.15, 0.2) is 101 Å². The van der Waals surface area contributed by atoms with E-state index in [4.69, 9.17) is 9.47 Å². The fraction of sp³-hybridized carbons (Fsp3) is 0.152. The Balaban J connectivity index is 1.45. The number of hydrogen-bond donors (Lipinski definition) is 1. The highest BCUT2D eigenvalue weighted by Gasteiger charge is 2.31. The first-order valence-corrected chi connectivity index (χ1v) is 13.6. The molecule has 0 spiro atoms. The monoisotopic (exact) mass is 600 g/mol. The SMILES string of the molecule is CCOc1cc(C=Nn2c(-c3cccc(C(F)(F)F)c3)nc3ccccc3c2=O)ccc1OCC(=O)Nc1ccccc1C. The van der Waals surface area contributed by atoms with Gasteiger partial charge in [-0.25, -0.2) is 4.98 Å². The molecule has 1 aromatic heterocycles. The van der Waals surface area contributed by atoms with Crippen molar-refractivity contribution in [3.8, 4) is 22.9 Å². The molecule has 44 heavy (non-hydrogen) atoms. The van der Waals surface area contributed by atoms with Crippen molar-refractivity contribution >= 4 is 28.7 Å². The van der Waals surface area contributed by atoms with Gasteiger partial charge in [-0.1, -0.05) is 42.5 Å². The lowest BCUT2D eigenvalue weighted by Gasteiger charge is -2.13. The van der Waals surface area contributed by atoms with E-state index in [1.165, 1.54) is 18.3 Å². The number of fused-ring (bicyclic) bond motifs is 1. The minimum Gasteiger partial charge on any atom is -0.490 e. The molecule has 0 fully saturated rings. The fourth-order valence-corrected chi connectivity index (χ4v) is 4.41. The first kappa shape index (κ1) is 30.0. The highest BCUT2D eigenvalue weighted by atomic mass is 19.4. The zero-order valence-electron chi connectivity index (χ0n) is 23.8. The van der Waals surface area contributed by atoms with E-state index in [0.717, 1.165) is 22.4 Å². The summed E-state index contributed by atoms with van der Waals surface area (Å²) in [5.74, 6) is 0.249. The van der Waals surface area contributed by atoms with Crippen molar-refractivity contribution in [3.05, 3.63) is 118 Å². The number of hydrogen-bond acceptors (Lipinski definition) is 6. The molecule has 0 aliphatic carbocycles. The number of nitrogens with one attached hydrogen (secondary N) is 1. The molecule has 1 heterocycles. The van der Waals surface area contributed by atoms with Crippen molar-refractivity contribution in [1.29, 1.82) is 0 Å². The van der Waals surface area contributed by atoms with Gasteiger partial charge in [-0.3, -0.25) is 9.59 Å². The lowest BCUT2D eigenvalue weighted by Crippen LogP contribution is -2.21. The summed E-state index contributed by atoms with van der Waals surface area (Å²) in [6, 6.07) is 23.3. The molecule has 4 aromatic carbocycles. The number of amides is 1. The van der Waals surface area contributed by atoms with E-state index in [1.54, 1.807) is 55.5 Å². The summed E-state index contributed by atoms with van der Waals surface area (Å²) in [6.45, 7) is 3.71. The third-order valence-corrected chi connectivity index (χ3v) is 6.57. The molecule has 0 saturated heterocycles. The number of aromatic nitrogens is 2. The molecule has 8 nitrogen and oxygen atoms in total. The molecule has 0 bridgehead atoms. The number of halogens is 3. The molecule has 11 heteroatoms. The molecule has 1 amide bonds. The molecule has 0 aliphatic heterocycles. The number of para-hydroxylation sites is 2. The first-order chi connectivity index (χ1) is 21.1. The highest BCUT2D eigenvalue weighted by Crippen LogP contribution is 2.32. The molecule has 1 N–H and O–H groups in total. The van der Waals surface area contributed by atoms with Gasteiger partial charge in [0.25, 0.3) is 11.5 Å². The first-order valence-electron chi connectivity index (χ1n) is 13.6. The summed E-state index contributed by atoms with van der Waals surface area (Å²) in [7, 11) is 0. The number of ether oxygens (including phenoxy) is 2. The lowest BCUT2D eigenvalue weighted by molar-refractivity contribution is -0.137. The number of carbonyl (C=O) groups is 1. The molecule has 5 aromatic rings.